The molecule has 0 atom stereocenters. The summed E-state index contributed by atoms with van der Waals surface area (Å²) in [6.07, 6.45) is 0. The summed E-state index contributed by atoms with van der Waals surface area (Å²) in [7, 11) is 0. The van der Waals surface area contributed by atoms with Crippen LogP contribution in [0, 0.1) is 18.2 Å². The number of aryl methyl sites for hydroxylation is 1. The summed E-state index contributed by atoms with van der Waals surface area (Å²) in [6.45, 7) is 5.53. The Morgan fingerprint density at radius 1 is 1.24 bits per heavy atom. The summed E-state index contributed by atoms with van der Waals surface area (Å²) >= 11 is 0. The first-order chi connectivity index (χ1) is 10.0. The van der Waals surface area contributed by atoms with Crippen LogP contribution in [0.2, 0.25) is 0 Å². The van der Waals surface area contributed by atoms with Crippen molar-refractivity contribution in [2.45, 2.75) is 20.4 Å². The zero-order valence-electron chi connectivity index (χ0n) is 12.4. The Balaban J connectivity index is 2.25. The Labute approximate surface area is 124 Å². The van der Waals surface area contributed by atoms with Gasteiger partial charge in [0.1, 0.15) is 11.7 Å². The molecule has 0 saturated heterocycles. The van der Waals surface area contributed by atoms with Crippen LogP contribution in [0.4, 0.5) is 10.1 Å². The number of nitrogen functional groups attached to an aromatic ring is 1. The molecule has 0 unspecified atom stereocenters. The van der Waals surface area contributed by atoms with Gasteiger partial charge in [0.05, 0.1) is 0 Å². The number of nitrogens with zero attached hydrogens (tertiary/aromatic N) is 1. The molecular weight excluding hydrogens is 265 g/mol. The highest BCUT2D eigenvalue weighted by Gasteiger charge is 2.09. The first-order valence-electron chi connectivity index (χ1n) is 6.95. The fourth-order valence-corrected chi connectivity index (χ4v) is 2.30. The number of benzene rings is 2. The van der Waals surface area contributed by atoms with Crippen molar-refractivity contribution < 1.29 is 4.39 Å². The number of halogens is 1. The van der Waals surface area contributed by atoms with E-state index in [0.717, 1.165) is 28.9 Å². The van der Waals surface area contributed by atoms with Crippen molar-refractivity contribution in [2.75, 3.05) is 11.4 Å². The van der Waals surface area contributed by atoms with Gasteiger partial charge in [-0.05, 0) is 49.2 Å². The van der Waals surface area contributed by atoms with Crippen LogP contribution in [0.15, 0.2) is 42.5 Å². The van der Waals surface area contributed by atoms with Gasteiger partial charge in [-0.1, -0.05) is 18.2 Å². The summed E-state index contributed by atoms with van der Waals surface area (Å²) in [4.78, 5) is 2.11. The van der Waals surface area contributed by atoms with Gasteiger partial charge in [-0.25, -0.2) is 4.39 Å². The molecule has 0 bridgehead atoms. The van der Waals surface area contributed by atoms with Crippen LogP contribution in [-0.4, -0.2) is 12.4 Å². The van der Waals surface area contributed by atoms with Crippen LogP contribution < -0.4 is 10.6 Å². The third-order valence-corrected chi connectivity index (χ3v) is 3.57. The normalized spacial score (nSPS) is 10.4. The molecule has 4 heteroatoms. The first kappa shape index (κ1) is 15.0. The summed E-state index contributed by atoms with van der Waals surface area (Å²) in [5, 5.41) is 7.46. The van der Waals surface area contributed by atoms with Crippen LogP contribution in [0.5, 0.6) is 0 Å². The van der Waals surface area contributed by atoms with Gasteiger partial charge in [-0.15, -0.1) is 0 Å². The fraction of sp³-hybridized carbons (Fsp3) is 0.235. The van der Waals surface area contributed by atoms with Gasteiger partial charge >= 0.3 is 0 Å². The van der Waals surface area contributed by atoms with Crippen LogP contribution >= 0.6 is 0 Å². The molecule has 3 N–H and O–H groups in total. The lowest BCUT2D eigenvalue weighted by Crippen LogP contribution is -2.22. The van der Waals surface area contributed by atoms with Crippen molar-refractivity contribution in [2.24, 2.45) is 5.73 Å². The smallest absolute Gasteiger partial charge is 0.125 e. The van der Waals surface area contributed by atoms with E-state index in [-0.39, 0.29) is 11.7 Å². The minimum Gasteiger partial charge on any atom is -0.384 e. The predicted molar refractivity (Wildman–Crippen MR) is 85.3 cm³/mol. The second kappa shape index (κ2) is 6.39. The van der Waals surface area contributed by atoms with Gasteiger partial charge < -0.3 is 10.6 Å². The summed E-state index contributed by atoms with van der Waals surface area (Å²) in [5.41, 5.74) is 9.32. The number of nitrogens with two attached hydrogens (primary N) is 1. The van der Waals surface area contributed by atoms with Crippen molar-refractivity contribution in [3.8, 4) is 0 Å². The number of nitrogens with one attached hydrogen (secondary N) is 1. The lowest BCUT2D eigenvalue weighted by Gasteiger charge is -2.24. The predicted octanol–water partition coefficient (Wildman–Crippen LogP) is 3.44. The second-order valence-corrected chi connectivity index (χ2v) is 5.05. The highest BCUT2D eigenvalue weighted by Crippen LogP contribution is 2.20. The Morgan fingerprint density at radius 3 is 2.57 bits per heavy atom. The molecule has 0 spiro atoms. The molecular formula is C17H20FN3. The Morgan fingerprint density at radius 2 is 2.00 bits per heavy atom. The SMILES string of the molecule is CCN(Cc1ccc(C(=N)N)cc1C)c1cccc(F)c1. The third-order valence-electron chi connectivity index (χ3n) is 3.57. The number of hydrogen-bond acceptors (Lipinski definition) is 2. The molecule has 0 saturated carbocycles. The van der Waals surface area contributed by atoms with E-state index in [2.05, 4.69) is 4.90 Å². The van der Waals surface area contributed by atoms with E-state index >= 15 is 0 Å². The lowest BCUT2D eigenvalue weighted by molar-refractivity contribution is 0.626. The molecule has 2 aromatic rings. The average Bonchev–Trinajstić information content (AvgIpc) is 2.45. The molecule has 0 radical (unpaired) electrons. The molecule has 2 aromatic carbocycles. The van der Waals surface area contributed by atoms with Crippen molar-refractivity contribution in [1.29, 1.82) is 5.41 Å². The number of rotatable bonds is 5. The van der Waals surface area contributed by atoms with E-state index < -0.39 is 0 Å². The quantitative estimate of drug-likeness (QED) is 0.653. The van der Waals surface area contributed by atoms with Crippen molar-refractivity contribution in [1.82, 2.24) is 0 Å². The summed E-state index contributed by atoms with van der Waals surface area (Å²) in [5.74, 6) is -0.156. The van der Waals surface area contributed by atoms with E-state index in [4.69, 9.17) is 11.1 Å². The minimum absolute atomic E-state index is 0.0714. The Hall–Kier alpha value is -2.36. The van der Waals surface area contributed by atoms with E-state index in [1.165, 1.54) is 6.07 Å². The topological polar surface area (TPSA) is 53.1 Å². The molecule has 0 aromatic heterocycles. The molecule has 3 nitrogen and oxygen atoms in total. The molecule has 0 amide bonds. The van der Waals surface area contributed by atoms with E-state index in [9.17, 15) is 4.39 Å². The largest absolute Gasteiger partial charge is 0.384 e. The monoisotopic (exact) mass is 285 g/mol. The van der Waals surface area contributed by atoms with Crippen molar-refractivity contribution in [3.05, 3.63) is 65.0 Å². The maximum Gasteiger partial charge on any atom is 0.125 e. The molecule has 0 heterocycles. The van der Waals surface area contributed by atoms with Gasteiger partial charge in [-0.3, -0.25) is 5.41 Å². The highest BCUT2D eigenvalue weighted by atomic mass is 19.1. The Bertz CT molecular complexity index is 652. The van der Waals surface area contributed by atoms with E-state index in [0.29, 0.717) is 6.54 Å². The summed E-state index contributed by atoms with van der Waals surface area (Å²) in [6, 6.07) is 12.4. The van der Waals surface area contributed by atoms with Gasteiger partial charge in [-0.2, -0.15) is 0 Å². The fourth-order valence-electron chi connectivity index (χ4n) is 2.30. The lowest BCUT2D eigenvalue weighted by atomic mass is 10.0. The number of anilines is 1. The molecule has 110 valence electrons. The van der Waals surface area contributed by atoms with Gasteiger partial charge in [0.25, 0.3) is 0 Å². The molecule has 0 aliphatic rings. The number of amidine groups is 1. The molecule has 0 fully saturated rings. The van der Waals surface area contributed by atoms with Crippen molar-refractivity contribution >= 4 is 11.5 Å². The maximum absolute atomic E-state index is 13.4. The number of hydrogen-bond donors (Lipinski definition) is 2. The zero-order chi connectivity index (χ0) is 15.4. The first-order valence-corrected chi connectivity index (χ1v) is 6.95. The maximum atomic E-state index is 13.4. The van der Waals surface area contributed by atoms with Crippen molar-refractivity contribution in [3.63, 3.8) is 0 Å². The third kappa shape index (κ3) is 3.60. The molecule has 0 aliphatic heterocycles. The van der Waals surface area contributed by atoms with Gasteiger partial charge in [0.2, 0.25) is 0 Å². The average molecular weight is 285 g/mol. The highest BCUT2D eigenvalue weighted by molar-refractivity contribution is 5.95. The standard InChI is InChI=1S/C17H20FN3/c1-3-21(16-6-4-5-15(18)10-16)11-14-8-7-13(17(19)20)9-12(14)2/h4-10H,3,11H2,1-2H3,(H3,19,20). The van der Waals surface area contributed by atoms with E-state index in [1.54, 1.807) is 12.1 Å². The van der Waals surface area contributed by atoms with Crippen LogP contribution in [0.25, 0.3) is 0 Å². The van der Waals surface area contributed by atoms with Crippen LogP contribution in [-0.2, 0) is 6.54 Å². The molecule has 21 heavy (non-hydrogen) atoms. The minimum atomic E-state index is -0.227. The van der Waals surface area contributed by atoms with Gasteiger partial charge in [0.15, 0.2) is 0 Å². The molecule has 0 aliphatic carbocycles. The Kier molecular flexibility index (Phi) is 4.58. The zero-order valence-corrected chi connectivity index (χ0v) is 12.4. The van der Waals surface area contributed by atoms with E-state index in [1.807, 2.05) is 38.1 Å². The molecule has 2 rings (SSSR count). The second-order valence-electron chi connectivity index (χ2n) is 5.05. The van der Waals surface area contributed by atoms with Crippen LogP contribution in [0.1, 0.15) is 23.6 Å². The van der Waals surface area contributed by atoms with Gasteiger partial charge in [0, 0.05) is 24.3 Å². The summed E-state index contributed by atoms with van der Waals surface area (Å²) < 4.78 is 13.4. The van der Waals surface area contributed by atoms with Crippen LogP contribution in [0.3, 0.4) is 0 Å².